The lowest BCUT2D eigenvalue weighted by atomic mass is 10.1. The van der Waals surface area contributed by atoms with Crippen molar-refractivity contribution in [2.75, 3.05) is 13.1 Å². The Hall–Kier alpha value is -0.380. The first-order valence-electron chi connectivity index (χ1n) is 5.87. The normalized spacial score (nSPS) is 26.9. The van der Waals surface area contributed by atoms with Crippen LogP contribution in [0.2, 0.25) is 0 Å². The maximum Gasteiger partial charge on any atom is 0.0248 e. The number of halogens is 1. The maximum absolute atomic E-state index is 3.62. The second-order valence-electron chi connectivity index (χ2n) is 4.68. The van der Waals surface area contributed by atoms with Gasteiger partial charge in [-0.3, -0.25) is 4.90 Å². The summed E-state index contributed by atoms with van der Waals surface area (Å²) >= 11 is 3.62. The first-order chi connectivity index (χ1) is 7.66. The van der Waals surface area contributed by atoms with E-state index in [1.807, 2.05) is 0 Å². The molecule has 1 aliphatic rings. The Morgan fingerprint density at radius 2 is 2.12 bits per heavy atom. The summed E-state index contributed by atoms with van der Waals surface area (Å²) in [6.45, 7) is 7.79. The molecule has 2 unspecified atom stereocenters. The molecular formula is C13H19BrN2. The lowest BCUT2D eigenvalue weighted by molar-refractivity contribution is 0.138. The molecule has 2 nitrogen and oxygen atoms in total. The van der Waals surface area contributed by atoms with Gasteiger partial charge in [0.1, 0.15) is 0 Å². The van der Waals surface area contributed by atoms with Gasteiger partial charge in [0, 0.05) is 36.2 Å². The summed E-state index contributed by atoms with van der Waals surface area (Å²) in [5.74, 6) is 0. The first-order valence-corrected chi connectivity index (χ1v) is 6.67. The van der Waals surface area contributed by atoms with E-state index in [4.69, 9.17) is 0 Å². The van der Waals surface area contributed by atoms with Crippen molar-refractivity contribution in [2.45, 2.75) is 32.5 Å². The number of hydrogen-bond donors (Lipinski definition) is 1. The van der Waals surface area contributed by atoms with Gasteiger partial charge in [-0.05, 0) is 25.5 Å². The smallest absolute Gasteiger partial charge is 0.0248 e. The van der Waals surface area contributed by atoms with Crippen LogP contribution in [-0.4, -0.2) is 30.1 Å². The summed E-state index contributed by atoms with van der Waals surface area (Å²) < 4.78 is 1.22. The predicted octanol–water partition coefficient (Wildman–Crippen LogP) is 2.63. The minimum atomic E-state index is 0.596. The van der Waals surface area contributed by atoms with Crippen molar-refractivity contribution < 1.29 is 0 Å². The van der Waals surface area contributed by atoms with Crippen LogP contribution >= 0.6 is 15.9 Å². The third-order valence-electron chi connectivity index (χ3n) is 3.22. The molecule has 1 fully saturated rings. The Bertz CT molecular complexity index is 354. The number of hydrogen-bond acceptors (Lipinski definition) is 2. The molecular weight excluding hydrogens is 264 g/mol. The highest BCUT2D eigenvalue weighted by Gasteiger charge is 2.22. The van der Waals surface area contributed by atoms with Gasteiger partial charge in [0.25, 0.3) is 0 Å². The molecule has 1 aromatic rings. The molecule has 2 atom stereocenters. The summed E-state index contributed by atoms with van der Waals surface area (Å²) in [7, 11) is 0. The SMILES string of the molecule is CC1CN(Cc2ccccc2Br)C(C)CN1. The molecule has 0 saturated carbocycles. The zero-order valence-corrected chi connectivity index (χ0v) is 11.5. The number of rotatable bonds is 2. The van der Waals surface area contributed by atoms with Crippen molar-refractivity contribution in [3.8, 4) is 0 Å². The largest absolute Gasteiger partial charge is 0.311 e. The Morgan fingerprint density at radius 1 is 1.38 bits per heavy atom. The molecule has 1 aromatic carbocycles. The van der Waals surface area contributed by atoms with E-state index in [1.165, 1.54) is 10.0 Å². The zero-order valence-electron chi connectivity index (χ0n) is 9.91. The van der Waals surface area contributed by atoms with Crippen molar-refractivity contribution in [2.24, 2.45) is 0 Å². The van der Waals surface area contributed by atoms with Crippen LogP contribution in [0.5, 0.6) is 0 Å². The molecule has 1 saturated heterocycles. The predicted molar refractivity (Wildman–Crippen MR) is 71.5 cm³/mol. The Labute approximate surface area is 106 Å². The Kier molecular flexibility index (Phi) is 4.00. The van der Waals surface area contributed by atoms with Crippen molar-refractivity contribution in [3.05, 3.63) is 34.3 Å². The lowest BCUT2D eigenvalue weighted by Crippen LogP contribution is -2.53. The molecule has 16 heavy (non-hydrogen) atoms. The van der Waals surface area contributed by atoms with Gasteiger partial charge in [-0.2, -0.15) is 0 Å². The molecule has 0 radical (unpaired) electrons. The second kappa shape index (κ2) is 5.30. The van der Waals surface area contributed by atoms with E-state index in [0.717, 1.165) is 19.6 Å². The highest BCUT2D eigenvalue weighted by molar-refractivity contribution is 9.10. The molecule has 88 valence electrons. The Morgan fingerprint density at radius 3 is 2.88 bits per heavy atom. The monoisotopic (exact) mass is 282 g/mol. The van der Waals surface area contributed by atoms with E-state index < -0.39 is 0 Å². The summed E-state index contributed by atoms with van der Waals surface area (Å²) in [5, 5.41) is 3.51. The van der Waals surface area contributed by atoms with Crippen LogP contribution in [0.15, 0.2) is 28.7 Å². The van der Waals surface area contributed by atoms with E-state index in [2.05, 4.69) is 64.3 Å². The van der Waals surface area contributed by atoms with Crippen molar-refractivity contribution >= 4 is 15.9 Å². The van der Waals surface area contributed by atoms with Gasteiger partial charge in [-0.1, -0.05) is 34.1 Å². The topological polar surface area (TPSA) is 15.3 Å². The summed E-state index contributed by atoms with van der Waals surface area (Å²) in [6.07, 6.45) is 0. The van der Waals surface area contributed by atoms with Crippen LogP contribution < -0.4 is 5.32 Å². The molecule has 1 aliphatic heterocycles. The van der Waals surface area contributed by atoms with Gasteiger partial charge in [0.2, 0.25) is 0 Å². The third-order valence-corrected chi connectivity index (χ3v) is 4.00. The molecule has 0 spiro atoms. The van der Waals surface area contributed by atoms with Crippen LogP contribution in [0.4, 0.5) is 0 Å². The lowest BCUT2D eigenvalue weighted by Gasteiger charge is -2.37. The first kappa shape index (κ1) is 12.1. The number of nitrogens with one attached hydrogen (secondary N) is 1. The molecule has 0 aromatic heterocycles. The van der Waals surface area contributed by atoms with E-state index in [-0.39, 0.29) is 0 Å². The van der Waals surface area contributed by atoms with E-state index >= 15 is 0 Å². The van der Waals surface area contributed by atoms with Gasteiger partial charge in [0.15, 0.2) is 0 Å². The average molecular weight is 283 g/mol. The van der Waals surface area contributed by atoms with Gasteiger partial charge >= 0.3 is 0 Å². The van der Waals surface area contributed by atoms with Crippen LogP contribution in [0, 0.1) is 0 Å². The minimum Gasteiger partial charge on any atom is -0.311 e. The van der Waals surface area contributed by atoms with Crippen LogP contribution in [-0.2, 0) is 6.54 Å². The average Bonchev–Trinajstić information content (AvgIpc) is 2.27. The fourth-order valence-corrected chi connectivity index (χ4v) is 2.57. The summed E-state index contributed by atoms with van der Waals surface area (Å²) in [4.78, 5) is 2.54. The van der Waals surface area contributed by atoms with Gasteiger partial charge in [-0.15, -0.1) is 0 Å². The molecule has 2 rings (SSSR count). The van der Waals surface area contributed by atoms with Crippen molar-refractivity contribution in [1.29, 1.82) is 0 Å². The van der Waals surface area contributed by atoms with Crippen molar-refractivity contribution in [3.63, 3.8) is 0 Å². The van der Waals surface area contributed by atoms with Crippen LogP contribution in [0.3, 0.4) is 0 Å². The molecule has 1 N–H and O–H groups in total. The second-order valence-corrected chi connectivity index (χ2v) is 5.53. The highest BCUT2D eigenvalue weighted by atomic mass is 79.9. The number of piperazine rings is 1. The number of nitrogens with zero attached hydrogens (tertiary/aromatic N) is 1. The van der Waals surface area contributed by atoms with Crippen molar-refractivity contribution in [1.82, 2.24) is 10.2 Å². The molecule has 0 amide bonds. The summed E-state index contributed by atoms with van der Waals surface area (Å²) in [6, 6.07) is 9.70. The molecule has 0 bridgehead atoms. The van der Waals surface area contributed by atoms with Gasteiger partial charge in [-0.25, -0.2) is 0 Å². The van der Waals surface area contributed by atoms with E-state index in [9.17, 15) is 0 Å². The summed E-state index contributed by atoms with van der Waals surface area (Å²) in [5.41, 5.74) is 1.38. The zero-order chi connectivity index (χ0) is 11.5. The van der Waals surface area contributed by atoms with E-state index in [1.54, 1.807) is 0 Å². The van der Waals surface area contributed by atoms with Crippen LogP contribution in [0.25, 0.3) is 0 Å². The van der Waals surface area contributed by atoms with Gasteiger partial charge in [0.05, 0.1) is 0 Å². The molecule has 1 heterocycles. The highest BCUT2D eigenvalue weighted by Crippen LogP contribution is 2.19. The maximum atomic E-state index is 3.62. The molecule has 0 aliphatic carbocycles. The van der Waals surface area contributed by atoms with Crippen LogP contribution in [0.1, 0.15) is 19.4 Å². The third kappa shape index (κ3) is 2.84. The van der Waals surface area contributed by atoms with E-state index in [0.29, 0.717) is 12.1 Å². The fraction of sp³-hybridized carbons (Fsp3) is 0.538. The number of benzene rings is 1. The van der Waals surface area contributed by atoms with Gasteiger partial charge < -0.3 is 5.32 Å². The quantitative estimate of drug-likeness (QED) is 0.897. The fourth-order valence-electron chi connectivity index (χ4n) is 2.16. The minimum absolute atomic E-state index is 0.596. The standard InChI is InChI=1S/C13H19BrN2/c1-10-8-16(11(2)7-15-10)9-12-5-3-4-6-13(12)14/h3-6,10-11,15H,7-9H2,1-2H3. The Balaban J connectivity index is 2.06. The molecule has 3 heteroatoms.